The second-order valence-corrected chi connectivity index (χ2v) is 5.36. The Morgan fingerprint density at radius 3 is 2.64 bits per heavy atom. The van der Waals surface area contributed by atoms with Crippen LogP contribution in [0.2, 0.25) is 5.02 Å². The van der Waals surface area contributed by atoms with Gasteiger partial charge in [-0.3, -0.25) is 9.48 Å². The lowest BCUT2D eigenvalue weighted by Gasteiger charge is -2.06. The van der Waals surface area contributed by atoms with Gasteiger partial charge in [0, 0.05) is 23.5 Å². The fraction of sp³-hybridized carbons (Fsp3) is 0.375. The summed E-state index contributed by atoms with van der Waals surface area (Å²) >= 11 is 5.84. The summed E-state index contributed by atoms with van der Waals surface area (Å²) in [7, 11) is 0. The number of benzene rings is 1. The molecule has 0 fully saturated rings. The smallest absolute Gasteiger partial charge is 0.262 e. The Morgan fingerprint density at radius 2 is 2.00 bits per heavy atom. The molecule has 118 valence electrons. The van der Waals surface area contributed by atoms with Crippen molar-refractivity contribution in [3.63, 3.8) is 0 Å². The summed E-state index contributed by atoms with van der Waals surface area (Å²) in [6.45, 7) is 5.35. The molecule has 0 bridgehead atoms. The minimum Gasteiger partial charge on any atom is -0.476 e. The molecule has 22 heavy (non-hydrogen) atoms. The molecular weight excluding hydrogens is 302 g/mol. The van der Waals surface area contributed by atoms with Crippen LogP contribution in [0, 0.1) is 0 Å². The van der Waals surface area contributed by atoms with E-state index in [2.05, 4.69) is 17.3 Å². The van der Waals surface area contributed by atoms with Gasteiger partial charge in [0.2, 0.25) is 5.88 Å². The van der Waals surface area contributed by atoms with Gasteiger partial charge in [0.15, 0.2) is 0 Å². The highest BCUT2D eigenvalue weighted by molar-refractivity contribution is 6.30. The molecule has 0 aliphatic heterocycles. The second-order valence-electron chi connectivity index (χ2n) is 4.92. The van der Waals surface area contributed by atoms with Crippen molar-refractivity contribution in [2.45, 2.75) is 33.2 Å². The Morgan fingerprint density at radius 1 is 1.27 bits per heavy atom. The van der Waals surface area contributed by atoms with Gasteiger partial charge in [-0.1, -0.05) is 25.4 Å². The summed E-state index contributed by atoms with van der Waals surface area (Å²) in [4.78, 5) is 12.4. The number of nitrogens with zero attached hydrogens (tertiary/aromatic N) is 2. The van der Waals surface area contributed by atoms with Crippen LogP contribution in [-0.4, -0.2) is 22.3 Å². The standard InChI is InChI=1S/C16H20ClN3O2/c1-3-9-20-11-14(16(19-20)22-10-4-2)15(21)18-13-7-5-12(17)6-8-13/h5-8,11H,3-4,9-10H2,1-2H3,(H,18,21). The van der Waals surface area contributed by atoms with E-state index in [9.17, 15) is 4.79 Å². The van der Waals surface area contributed by atoms with Crippen LogP contribution in [0.15, 0.2) is 30.5 Å². The van der Waals surface area contributed by atoms with Crippen molar-refractivity contribution in [3.8, 4) is 5.88 Å². The average Bonchev–Trinajstić information content (AvgIpc) is 2.91. The van der Waals surface area contributed by atoms with Crippen LogP contribution < -0.4 is 10.1 Å². The molecule has 0 aliphatic rings. The maximum atomic E-state index is 12.4. The van der Waals surface area contributed by atoms with Gasteiger partial charge >= 0.3 is 0 Å². The molecule has 1 amide bonds. The molecule has 6 heteroatoms. The molecular formula is C16H20ClN3O2. The number of aromatic nitrogens is 2. The fourth-order valence-electron chi connectivity index (χ4n) is 1.94. The van der Waals surface area contributed by atoms with E-state index >= 15 is 0 Å². The second kappa shape index (κ2) is 7.84. The summed E-state index contributed by atoms with van der Waals surface area (Å²) in [5.74, 6) is 0.137. The first-order valence-electron chi connectivity index (χ1n) is 7.41. The molecule has 0 unspecified atom stereocenters. The zero-order chi connectivity index (χ0) is 15.9. The molecule has 0 saturated heterocycles. The fourth-order valence-corrected chi connectivity index (χ4v) is 2.07. The van der Waals surface area contributed by atoms with Crippen LogP contribution in [0.5, 0.6) is 5.88 Å². The molecule has 2 aromatic rings. The van der Waals surface area contributed by atoms with Crippen LogP contribution in [0.3, 0.4) is 0 Å². The molecule has 1 N–H and O–H groups in total. The van der Waals surface area contributed by atoms with E-state index in [0.717, 1.165) is 19.4 Å². The van der Waals surface area contributed by atoms with Crippen LogP contribution in [0.25, 0.3) is 0 Å². The highest BCUT2D eigenvalue weighted by Crippen LogP contribution is 2.20. The SMILES string of the molecule is CCCOc1nn(CCC)cc1C(=O)Nc1ccc(Cl)cc1. The van der Waals surface area contributed by atoms with Gasteiger partial charge in [-0.05, 0) is 37.1 Å². The maximum absolute atomic E-state index is 12.4. The largest absolute Gasteiger partial charge is 0.476 e. The first-order valence-corrected chi connectivity index (χ1v) is 7.79. The van der Waals surface area contributed by atoms with Crippen LogP contribution >= 0.6 is 11.6 Å². The first-order chi connectivity index (χ1) is 10.6. The van der Waals surface area contributed by atoms with Crippen LogP contribution in [0.4, 0.5) is 5.69 Å². The van der Waals surface area contributed by atoms with Gasteiger partial charge in [-0.15, -0.1) is 5.10 Å². The maximum Gasteiger partial charge on any atom is 0.262 e. The van der Waals surface area contributed by atoms with Crippen molar-refractivity contribution in [2.75, 3.05) is 11.9 Å². The number of carbonyl (C=O) groups excluding carboxylic acids is 1. The van der Waals surface area contributed by atoms with Crippen molar-refractivity contribution in [1.82, 2.24) is 9.78 Å². The molecule has 0 atom stereocenters. The number of rotatable bonds is 7. The number of carbonyl (C=O) groups is 1. The topological polar surface area (TPSA) is 56.2 Å². The zero-order valence-corrected chi connectivity index (χ0v) is 13.6. The van der Waals surface area contributed by atoms with Crippen LogP contribution in [0.1, 0.15) is 37.0 Å². The van der Waals surface area contributed by atoms with Crippen molar-refractivity contribution in [1.29, 1.82) is 0 Å². The Hall–Kier alpha value is -2.01. The Balaban J connectivity index is 2.17. The molecule has 0 saturated carbocycles. The van der Waals surface area contributed by atoms with Gasteiger partial charge in [0.25, 0.3) is 5.91 Å². The summed E-state index contributed by atoms with van der Waals surface area (Å²) < 4.78 is 7.32. The Bertz CT molecular complexity index is 623. The molecule has 1 heterocycles. The number of ether oxygens (including phenoxy) is 1. The van der Waals surface area contributed by atoms with Crippen molar-refractivity contribution < 1.29 is 9.53 Å². The number of anilines is 1. The van der Waals surface area contributed by atoms with Gasteiger partial charge in [-0.2, -0.15) is 0 Å². The third-order valence-electron chi connectivity index (χ3n) is 2.97. The predicted molar refractivity (Wildman–Crippen MR) is 87.7 cm³/mol. The number of nitrogens with one attached hydrogen (secondary N) is 1. The van der Waals surface area contributed by atoms with E-state index in [1.807, 2.05) is 6.92 Å². The van der Waals surface area contributed by atoms with Crippen molar-refractivity contribution >= 4 is 23.2 Å². The first kappa shape index (κ1) is 16.4. The van der Waals surface area contributed by atoms with E-state index in [1.54, 1.807) is 35.1 Å². The van der Waals surface area contributed by atoms with E-state index < -0.39 is 0 Å². The van der Waals surface area contributed by atoms with Gasteiger partial charge in [-0.25, -0.2) is 0 Å². The number of hydrogen-bond acceptors (Lipinski definition) is 3. The minimum absolute atomic E-state index is 0.240. The number of aryl methyl sites for hydroxylation is 1. The quantitative estimate of drug-likeness (QED) is 0.839. The molecule has 1 aromatic carbocycles. The van der Waals surface area contributed by atoms with E-state index in [1.165, 1.54) is 0 Å². The molecule has 0 radical (unpaired) electrons. The van der Waals surface area contributed by atoms with E-state index in [-0.39, 0.29) is 5.91 Å². The van der Waals surface area contributed by atoms with E-state index in [4.69, 9.17) is 16.3 Å². The highest BCUT2D eigenvalue weighted by atomic mass is 35.5. The average molecular weight is 322 g/mol. The van der Waals surface area contributed by atoms with Gasteiger partial charge in [0.05, 0.1) is 6.61 Å². The summed E-state index contributed by atoms with van der Waals surface area (Å²) in [5.41, 5.74) is 1.12. The lowest BCUT2D eigenvalue weighted by Crippen LogP contribution is -2.13. The Kier molecular flexibility index (Phi) is 5.83. The number of halogens is 1. The zero-order valence-electron chi connectivity index (χ0n) is 12.8. The van der Waals surface area contributed by atoms with Gasteiger partial charge < -0.3 is 10.1 Å². The third-order valence-corrected chi connectivity index (χ3v) is 3.22. The number of amides is 1. The monoisotopic (exact) mass is 321 g/mol. The van der Waals surface area contributed by atoms with Crippen LogP contribution in [-0.2, 0) is 6.54 Å². The highest BCUT2D eigenvalue weighted by Gasteiger charge is 2.18. The molecule has 5 nitrogen and oxygen atoms in total. The van der Waals surface area contributed by atoms with Crippen molar-refractivity contribution in [2.24, 2.45) is 0 Å². The third kappa shape index (κ3) is 4.24. The van der Waals surface area contributed by atoms with E-state index in [0.29, 0.717) is 28.8 Å². The molecule has 1 aromatic heterocycles. The normalized spacial score (nSPS) is 10.5. The number of hydrogen-bond donors (Lipinski definition) is 1. The van der Waals surface area contributed by atoms with Gasteiger partial charge in [0.1, 0.15) is 5.56 Å². The lowest BCUT2D eigenvalue weighted by atomic mass is 10.2. The summed E-state index contributed by atoms with van der Waals surface area (Å²) in [6, 6.07) is 6.96. The molecule has 2 rings (SSSR count). The predicted octanol–water partition coefficient (Wildman–Crippen LogP) is 3.99. The molecule has 0 spiro atoms. The minimum atomic E-state index is -0.240. The Labute approximate surface area is 135 Å². The summed E-state index contributed by atoms with van der Waals surface area (Å²) in [5, 5.41) is 7.78. The molecule has 0 aliphatic carbocycles. The lowest BCUT2D eigenvalue weighted by molar-refractivity contribution is 0.102. The van der Waals surface area contributed by atoms with Crippen molar-refractivity contribution in [3.05, 3.63) is 41.0 Å². The summed E-state index contributed by atoms with van der Waals surface area (Å²) in [6.07, 6.45) is 3.52.